The van der Waals surface area contributed by atoms with Crippen LogP contribution in [0.4, 0.5) is 4.39 Å². The number of carbonyl (C=O) groups is 2. The Morgan fingerprint density at radius 2 is 1.42 bits per heavy atom. The summed E-state index contributed by atoms with van der Waals surface area (Å²) in [5.74, 6) is -1.07. The number of ether oxygens (including phenoxy) is 3. The van der Waals surface area contributed by atoms with E-state index < -0.39 is 6.10 Å². The number of likely N-dealkylation sites (tertiary alicyclic amines) is 2. The van der Waals surface area contributed by atoms with Gasteiger partial charge in [0, 0.05) is 60.6 Å². The summed E-state index contributed by atoms with van der Waals surface area (Å²) >= 11 is 0. The van der Waals surface area contributed by atoms with Crippen molar-refractivity contribution in [1.29, 1.82) is 0 Å². The van der Waals surface area contributed by atoms with Crippen LogP contribution in [0.2, 0.25) is 0 Å². The van der Waals surface area contributed by atoms with E-state index in [1.54, 1.807) is 34.3 Å². The molecule has 3 aliphatic rings. The van der Waals surface area contributed by atoms with Crippen molar-refractivity contribution in [2.75, 3.05) is 60.6 Å². The SMILES string of the molecule is COC1CCN(C(=O)[C@H]2CNC[C@@H](C(=O)N3CCC(OC)CC3)C2CC(OC)c2cccc(F)c2C)CC1. The second kappa shape index (κ2) is 13.3. The number of hydrogen-bond donors (Lipinski definition) is 1. The van der Waals surface area contributed by atoms with Crippen LogP contribution in [-0.4, -0.2) is 94.4 Å². The number of piperidine rings is 3. The molecule has 0 aromatic heterocycles. The molecular weight excluding hydrogens is 489 g/mol. The van der Waals surface area contributed by atoms with Gasteiger partial charge in [-0.25, -0.2) is 4.39 Å². The van der Waals surface area contributed by atoms with Gasteiger partial charge in [0.25, 0.3) is 0 Å². The summed E-state index contributed by atoms with van der Waals surface area (Å²) in [7, 11) is 5.05. The molecule has 1 N–H and O–H groups in total. The molecule has 0 spiro atoms. The van der Waals surface area contributed by atoms with Gasteiger partial charge in [-0.1, -0.05) is 12.1 Å². The Morgan fingerprint density at radius 3 is 1.87 bits per heavy atom. The number of hydrogen-bond acceptors (Lipinski definition) is 6. The molecule has 2 amide bonds. The molecule has 4 rings (SSSR count). The minimum Gasteiger partial charge on any atom is -0.381 e. The van der Waals surface area contributed by atoms with Crippen LogP contribution >= 0.6 is 0 Å². The average molecular weight is 534 g/mol. The second-order valence-electron chi connectivity index (χ2n) is 11.0. The van der Waals surface area contributed by atoms with Crippen LogP contribution in [-0.2, 0) is 23.8 Å². The number of nitrogens with zero attached hydrogens (tertiary/aromatic N) is 2. The molecule has 8 nitrogen and oxygen atoms in total. The minimum atomic E-state index is -0.419. The molecule has 3 aliphatic heterocycles. The summed E-state index contributed by atoms with van der Waals surface area (Å²) in [4.78, 5) is 31.7. The van der Waals surface area contributed by atoms with Crippen molar-refractivity contribution in [3.05, 3.63) is 35.1 Å². The third kappa shape index (κ3) is 6.38. The van der Waals surface area contributed by atoms with Crippen molar-refractivity contribution in [2.45, 2.75) is 57.3 Å². The van der Waals surface area contributed by atoms with Crippen LogP contribution in [0.1, 0.15) is 49.3 Å². The van der Waals surface area contributed by atoms with Crippen LogP contribution in [0.3, 0.4) is 0 Å². The van der Waals surface area contributed by atoms with Crippen molar-refractivity contribution in [3.63, 3.8) is 0 Å². The van der Waals surface area contributed by atoms with Gasteiger partial charge in [-0.2, -0.15) is 0 Å². The summed E-state index contributed by atoms with van der Waals surface area (Å²) in [6.45, 7) is 5.40. The van der Waals surface area contributed by atoms with Crippen molar-refractivity contribution >= 4 is 11.8 Å². The van der Waals surface area contributed by atoms with E-state index in [-0.39, 0.29) is 47.6 Å². The smallest absolute Gasteiger partial charge is 0.227 e. The molecule has 3 heterocycles. The van der Waals surface area contributed by atoms with Gasteiger partial charge in [-0.15, -0.1) is 0 Å². The van der Waals surface area contributed by atoms with Gasteiger partial charge < -0.3 is 29.3 Å². The Hall–Kier alpha value is -2.07. The highest BCUT2D eigenvalue weighted by Crippen LogP contribution is 2.38. The minimum absolute atomic E-state index is 0.0819. The van der Waals surface area contributed by atoms with E-state index in [0.29, 0.717) is 51.3 Å². The Bertz CT molecular complexity index is 902. The fraction of sp³-hybridized carbons (Fsp3) is 0.724. The van der Waals surface area contributed by atoms with Gasteiger partial charge in [-0.3, -0.25) is 9.59 Å². The van der Waals surface area contributed by atoms with E-state index in [4.69, 9.17) is 14.2 Å². The maximum Gasteiger partial charge on any atom is 0.227 e. The Labute approximate surface area is 226 Å². The normalized spacial score (nSPS) is 26.4. The Kier molecular flexibility index (Phi) is 10.1. The molecule has 4 atom stereocenters. The number of methoxy groups -OCH3 is 3. The number of carbonyl (C=O) groups excluding carboxylic acids is 2. The van der Waals surface area contributed by atoms with E-state index >= 15 is 0 Å². The summed E-state index contributed by atoms with van der Waals surface area (Å²) in [5, 5.41) is 3.40. The number of rotatable bonds is 8. The molecule has 3 saturated heterocycles. The van der Waals surface area contributed by atoms with Gasteiger partial charge in [0.2, 0.25) is 11.8 Å². The first-order valence-corrected chi connectivity index (χ1v) is 14.0. The van der Waals surface area contributed by atoms with Gasteiger partial charge in [-0.05, 0) is 62.1 Å². The number of nitrogens with one attached hydrogen (secondary N) is 1. The average Bonchev–Trinajstić information content (AvgIpc) is 2.96. The highest BCUT2D eigenvalue weighted by Gasteiger charge is 2.45. The predicted molar refractivity (Wildman–Crippen MR) is 142 cm³/mol. The van der Waals surface area contributed by atoms with Crippen molar-refractivity contribution in [1.82, 2.24) is 15.1 Å². The lowest BCUT2D eigenvalue weighted by Crippen LogP contribution is -2.57. The van der Waals surface area contributed by atoms with Gasteiger partial charge >= 0.3 is 0 Å². The molecule has 1 aromatic carbocycles. The summed E-state index contributed by atoms with van der Waals surface area (Å²) in [6, 6.07) is 5.02. The highest BCUT2D eigenvalue weighted by molar-refractivity contribution is 5.84. The summed E-state index contributed by atoms with van der Waals surface area (Å²) in [6.07, 6.45) is 3.66. The van der Waals surface area contributed by atoms with Gasteiger partial charge in [0.05, 0.1) is 30.1 Å². The molecule has 2 unspecified atom stereocenters. The van der Waals surface area contributed by atoms with E-state index in [2.05, 4.69) is 5.32 Å². The first-order chi connectivity index (χ1) is 18.4. The molecule has 1 aromatic rings. The van der Waals surface area contributed by atoms with E-state index in [1.165, 1.54) is 6.07 Å². The second-order valence-corrected chi connectivity index (χ2v) is 11.0. The maximum atomic E-state index is 14.5. The summed E-state index contributed by atoms with van der Waals surface area (Å²) < 4.78 is 31.4. The molecule has 0 radical (unpaired) electrons. The number of halogens is 1. The monoisotopic (exact) mass is 533 g/mol. The van der Waals surface area contributed by atoms with Crippen LogP contribution in [0, 0.1) is 30.5 Å². The zero-order valence-corrected chi connectivity index (χ0v) is 23.3. The molecule has 3 fully saturated rings. The van der Waals surface area contributed by atoms with E-state index in [9.17, 15) is 14.0 Å². The standard InChI is InChI=1S/C29H44FN3O5/c1-19-22(6-5-7-26(19)30)27(38-4)16-23-24(28(34)32-12-8-20(36-2)9-13-32)17-31-18-25(23)29(35)33-14-10-21(37-3)11-15-33/h5-7,20-21,23-25,27,31H,8-18H2,1-4H3/t23?,24-,25+,27?. The predicted octanol–water partition coefficient (Wildman–Crippen LogP) is 2.94. The molecule has 0 aliphatic carbocycles. The van der Waals surface area contributed by atoms with E-state index in [1.807, 2.05) is 15.9 Å². The van der Waals surface area contributed by atoms with Crippen LogP contribution in [0.25, 0.3) is 0 Å². The number of benzene rings is 1. The summed E-state index contributed by atoms with van der Waals surface area (Å²) in [5.41, 5.74) is 1.31. The van der Waals surface area contributed by atoms with Crippen LogP contribution in [0.15, 0.2) is 18.2 Å². The topological polar surface area (TPSA) is 80.3 Å². The first-order valence-electron chi connectivity index (χ1n) is 14.0. The fourth-order valence-corrected chi connectivity index (χ4v) is 6.51. The lowest BCUT2D eigenvalue weighted by atomic mass is 9.72. The Morgan fingerprint density at radius 1 is 0.921 bits per heavy atom. The number of amides is 2. The zero-order chi connectivity index (χ0) is 27.2. The molecule has 0 bridgehead atoms. The molecular formula is C29H44FN3O5. The van der Waals surface area contributed by atoms with Crippen molar-refractivity contribution < 1.29 is 28.2 Å². The molecule has 9 heteroatoms. The highest BCUT2D eigenvalue weighted by atomic mass is 19.1. The lowest BCUT2D eigenvalue weighted by Gasteiger charge is -2.44. The van der Waals surface area contributed by atoms with Crippen molar-refractivity contribution in [3.8, 4) is 0 Å². The van der Waals surface area contributed by atoms with Gasteiger partial charge in [0.15, 0.2) is 0 Å². The molecule has 212 valence electrons. The van der Waals surface area contributed by atoms with Gasteiger partial charge in [0.1, 0.15) is 5.82 Å². The van der Waals surface area contributed by atoms with E-state index in [0.717, 1.165) is 31.2 Å². The third-order valence-corrected chi connectivity index (χ3v) is 9.00. The molecule has 0 saturated carbocycles. The quantitative estimate of drug-likeness (QED) is 0.554. The lowest BCUT2D eigenvalue weighted by molar-refractivity contribution is -0.148. The maximum absolute atomic E-state index is 14.5. The van der Waals surface area contributed by atoms with Crippen LogP contribution in [0.5, 0.6) is 0 Å². The largest absolute Gasteiger partial charge is 0.381 e. The van der Waals surface area contributed by atoms with Crippen molar-refractivity contribution in [2.24, 2.45) is 17.8 Å². The van der Waals surface area contributed by atoms with Crippen LogP contribution < -0.4 is 5.32 Å². The third-order valence-electron chi connectivity index (χ3n) is 9.00. The zero-order valence-electron chi connectivity index (χ0n) is 23.3. The fourth-order valence-electron chi connectivity index (χ4n) is 6.51. The molecule has 38 heavy (non-hydrogen) atoms. The Balaban J connectivity index is 1.59. The first kappa shape index (κ1) is 28.9.